The predicted octanol–water partition coefficient (Wildman–Crippen LogP) is 2.18. The first-order chi connectivity index (χ1) is 7.69. The van der Waals surface area contributed by atoms with Gasteiger partial charge in [-0.3, -0.25) is 0 Å². The molecule has 1 aromatic carbocycles. The molecule has 0 aliphatic carbocycles. The number of aryl methyl sites for hydroxylation is 2. The quantitative estimate of drug-likeness (QED) is 0.752. The van der Waals surface area contributed by atoms with Gasteiger partial charge in [-0.2, -0.15) is 0 Å². The van der Waals surface area contributed by atoms with Crippen LogP contribution in [0.3, 0.4) is 0 Å². The molecule has 0 saturated heterocycles. The Balaban J connectivity index is 2.63. The van der Waals surface area contributed by atoms with Crippen LogP contribution in [0.1, 0.15) is 23.1 Å². The Kier molecular flexibility index (Phi) is 5.29. The Labute approximate surface area is 97.6 Å². The molecule has 1 rings (SSSR count). The van der Waals surface area contributed by atoms with Crippen molar-refractivity contribution in [2.45, 2.75) is 26.9 Å². The Morgan fingerprint density at radius 2 is 1.94 bits per heavy atom. The molecule has 0 radical (unpaired) electrons. The molecule has 2 N–H and O–H groups in total. The first-order valence-electron chi connectivity index (χ1n) is 5.61. The lowest BCUT2D eigenvalue weighted by atomic mass is 10.1. The van der Waals surface area contributed by atoms with Gasteiger partial charge in [0.25, 0.3) is 0 Å². The zero-order valence-corrected chi connectivity index (χ0v) is 10.4. The molecule has 0 saturated carbocycles. The molecule has 0 amide bonds. The van der Waals surface area contributed by atoms with Crippen molar-refractivity contribution < 1.29 is 9.47 Å². The van der Waals surface area contributed by atoms with Gasteiger partial charge in [0.2, 0.25) is 0 Å². The number of ether oxygens (including phenoxy) is 2. The molecule has 0 bridgehead atoms. The van der Waals surface area contributed by atoms with Crippen LogP contribution in [0.5, 0.6) is 5.75 Å². The van der Waals surface area contributed by atoms with Gasteiger partial charge in [-0.05, 0) is 55.6 Å². The van der Waals surface area contributed by atoms with E-state index in [2.05, 4.69) is 19.1 Å². The van der Waals surface area contributed by atoms with Crippen LogP contribution in [-0.4, -0.2) is 20.3 Å². The molecule has 3 nitrogen and oxygen atoms in total. The molecular formula is C13H21NO2. The maximum absolute atomic E-state index is 5.55. The smallest absolute Gasteiger partial charge is 0.122 e. The van der Waals surface area contributed by atoms with Crippen molar-refractivity contribution in [3.05, 3.63) is 28.8 Å². The SMILES string of the molecule is COc1cc(C)c(COCCCN)cc1C. The summed E-state index contributed by atoms with van der Waals surface area (Å²) in [7, 11) is 1.69. The number of methoxy groups -OCH3 is 1. The van der Waals surface area contributed by atoms with Gasteiger partial charge in [-0.25, -0.2) is 0 Å². The average Bonchev–Trinajstić information content (AvgIpc) is 2.28. The van der Waals surface area contributed by atoms with Crippen LogP contribution in [-0.2, 0) is 11.3 Å². The maximum atomic E-state index is 5.55. The van der Waals surface area contributed by atoms with Crippen LogP contribution in [0.15, 0.2) is 12.1 Å². The van der Waals surface area contributed by atoms with Crippen LogP contribution in [0.25, 0.3) is 0 Å². The van der Waals surface area contributed by atoms with Crippen LogP contribution in [0.2, 0.25) is 0 Å². The first-order valence-corrected chi connectivity index (χ1v) is 5.61. The van der Waals surface area contributed by atoms with Crippen LogP contribution < -0.4 is 10.5 Å². The van der Waals surface area contributed by atoms with E-state index in [9.17, 15) is 0 Å². The van der Waals surface area contributed by atoms with Crippen molar-refractivity contribution in [2.75, 3.05) is 20.3 Å². The highest BCUT2D eigenvalue weighted by Gasteiger charge is 2.04. The molecule has 0 spiro atoms. The van der Waals surface area contributed by atoms with Gasteiger partial charge < -0.3 is 15.2 Å². The molecule has 16 heavy (non-hydrogen) atoms. The summed E-state index contributed by atoms with van der Waals surface area (Å²) < 4.78 is 10.8. The van der Waals surface area contributed by atoms with Gasteiger partial charge in [0.1, 0.15) is 5.75 Å². The van der Waals surface area contributed by atoms with E-state index in [0.29, 0.717) is 13.2 Å². The zero-order valence-electron chi connectivity index (χ0n) is 10.4. The normalized spacial score (nSPS) is 10.5. The third-order valence-electron chi connectivity index (χ3n) is 2.60. The second-order valence-corrected chi connectivity index (χ2v) is 3.94. The van der Waals surface area contributed by atoms with E-state index >= 15 is 0 Å². The number of nitrogens with two attached hydrogens (primary N) is 1. The Morgan fingerprint density at radius 3 is 2.56 bits per heavy atom. The predicted molar refractivity (Wildman–Crippen MR) is 65.8 cm³/mol. The standard InChI is InChI=1S/C13H21NO2/c1-10-8-13(15-3)11(2)7-12(10)9-16-6-4-5-14/h7-8H,4-6,9,14H2,1-3H3. The van der Waals surface area contributed by atoms with Crippen LogP contribution >= 0.6 is 0 Å². The summed E-state index contributed by atoms with van der Waals surface area (Å²) in [6, 6.07) is 4.17. The van der Waals surface area contributed by atoms with E-state index in [1.54, 1.807) is 7.11 Å². The summed E-state index contributed by atoms with van der Waals surface area (Å²) in [5, 5.41) is 0. The number of hydrogen-bond donors (Lipinski definition) is 1. The third kappa shape index (κ3) is 3.51. The Hall–Kier alpha value is -1.06. The van der Waals surface area contributed by atoms with Gasteiger partial charge in [-0.1, -0.05) is 0 Å². The largest absolute Gasteiger partial charge is 0.496 e. The summed E-state index contributed by atoms with van der Waals surface area (Å²) in [5.74, 6) is 0.934. The second-order valence-electron chi connectivity index (χ2n) is 3.94. The molecule has 0 heterocycles. The monoisotopic (exact) mass is 223 g/mol. The maximum Gasteiger partial charge on any atom is 0.122 e. The number of hydrogen-bond acceptors (Lipinski definition) is 3. The molecule has 0 unspecified atom stereocenters. The second kappa shape index (κ2) is 6.51. The molecule has 0 aromatic heterocycles. The molecular weight excluding hydrogens is 202 g/mol. The number of benzene rings is 1. The van der Waals surface area contributed by atoms with E-state index in [4.69, 9.17) is 15.2 Å². The third-order valence-corrected chi connectivity index (χ3v) is 2.60. The van der Waals surface area contributed by atoms with Crippen molar-refractivity contribution in [3.63, 3.8) is 0 Å². The lowest BCUT2D eigenvalue weighted by Crippen LogP contribution is -2.05. The summed E-state index contributed by atoms with van der Waals surface area (Å²) in [6.45, 7) is 6.17. The highest BCUT2D eigenvalue weighted by Crippen LogP contribution is 2.22. The molecule has 1 aromatic rings. The first kappa shape index (κ1) is 13.0. The van der Waals surface area contributed by atoms with Crippen molar-refractivity contribution in [1.29, 1.82) is 0 Å². The van der Waals surface area contributed by atoms with Gasteiger partial charge >= 0.3 is 0 Å². The minimum Gasteiger partial charge on any atom is -0.496 e. The Morgan fingerprint density at radius 1 is 1.19 bits per heavy atom. The summed E-state index contributed by atoms with van der Waals surface area (Å²) >= 11 is 0. The fourth-order valence-corrected chi connectivity index (χ4v) is 1.59. The molecule has 0 atom stereocenters. The molecule has 0 fully saturated rings. The summed E-state index contributed by atoms with van der Waals surface area (Å²) in [5.41, 5.74) is 8.97. The highest BCUT2D eigenvalue weighted by molar-refractivity contribution is 5.41. The van der Waals surface area contributed by atoms with Gasteiger partial charge in [0.15, 0.2) is 0 Å². The topological polar surface area (TPSA) is 44.5 Å². The summed E-state index contributed by atoms with van der Waals surface area (Å²) in [6.07, 6.45) is 0.911. The van der Waals surface area contributed by atoms with Crippen molar-refractivity contribution in [2.24, 2.45) is 5.73 Å². The van der Waals surface area contributed by atoms with E-state index in [0.717, 1.165) is 24.3 Å². The lowest BCUT2D eigenvalue weighted by Gasteiger charge is -2.11. The molecule has 3 heteroatoms. The minimum atomic E-state index is 0.649. The van der Waals surface area contributed by atoms with Crippen molar-refractivity contribution >= 4 is 0 Å². The van der Waals surface area contributed by atoms with E-state index < -0.39 is 0 Å². The molecule has 0 aliphatic heterocycles. The van der Waals surface area contributed by atoms with Crippen molar-refractivity contribution in [3.8, 4) is 5.75 Å². The van der Waals surface area contributed by atoms with Crippen LogP contribution in [0.4, 0.5) is 0 Å². The van der Waals surface area contributed by atoms with E-state index in [-0.39, 0.29) is 0 Å². The van der Waals surface area contributed by atoms with Crippen molar-refractivity contribution in [1.82, 2.24) is 0 Å². The molecule has 90 valence electrons. The summed E-state index contributed by atoms with van der Waals surface area (Å²) in [4.78, 5) is 0. The fraction of sp³-hybridized carbons (Fsp3) is 0.538. The lowest BCUT2D eigenvalue weighted by molar-refractivity contribution is 0.119. The fourth-order valence-electron chi connectivity index (χ4n) is 1.59. The zero-order chi connectivity index (χ0) is 12.0. The minimum absolute atomic E-state index is 0.649. The van der Waals surface area contributed by atoms with Gasteiger partial charge in [0, 0.05) is 6.61 Å². The van der Waals surface area contributed by atoms with E-state index in [1.807, 2.05) is 6.92 Å². The van der Waals surface area contributed by atoms with E-state index in [1.165, 1.54) is 11.1 Å². The van der Waals surface area contributed by atoms with Crippen LogP contribution in [0, 0.1) is 13.8 Å². The highest BCUT2D eigenvalue weighted by atomic mass is 16.5. The number of rotatable bonds is 6. The molecule has 0 aliphatic rings. The van der Waals surface area contributed by atoms with Gasteiger partial charge in [0.05, 0.1) is 13.7 Å². The van der Waals surface area contributed by atoms with Gasteiger partial charge in [-0.15, -0.1) is 0 Å². The average molecular weight is 223 g/mol. The Bertz CT molecular complexity index is 337.